The van der Waals surface area contributed by atoms with Crippen LogP contribution < -0.4 is 0 Å². The number of halogens is 1. The molecule has 1 aliphatic heterocycles. The fourth-order valence-corrected chi connectivity index (χ4v) is 2.82. The molecule has 2 rings (SSSR count). The third-order valence-corrected chi connectivity index (χ3v) is 3.59. The van der Waals surface area contributed by atoms with Gasteiger partial charge in [-0.15, -0.1) is 0 Å². The summed E-state index contributed by atoms with van der Waals surface area (Å²) in [6.45, 7) is 5.47. The lowest BCUT2D eigenvalue weighted by molar-refractivity contribution is -0.143. The maximum absolute atomic E-state index is 14.0. The lowest BCUT2D eigenvalue weighted by atomic mass is 9.91. The lowest BCUT2D eigenvalue weighted by Crippen LogP contribution is -2.44. The van der Waals surface area contributed by atoms with Gasteiger partial charge in [0.2, 0.25) is 5.91 Å². The first-order valence-electron chi connectivity index (χ1n) is 6.53. The Hall–Kier alpha value is -1.91. The topological polar surface area (TPSA) is 57.6 Å². The van der Waals surface area contributed by atoms with Crippen molar-refractivity contribution in [3.63, 3.8) is 0 Å². The number of rotatable bonds is 2. The first-order valence-corrected chi connectivity index (χ1v) is 6.53. The average molecular weight is 279 g/mol. The number of hydrogen-bond acceptors (Lipinski definition) is 2. The van der Waals surface area contributed by atoms with Crippen molar-refractivity contribution in [1.82, 2.24) is 4.90 Å². The fourth-order valence-electron chi connectivity index (χ4n) is 2.82. The van der Waals surface area contributed by atoms with Gasteiger partial charge < -0.3 is 10.0 Å². The second-order valence-corrected chi connectivity index (χ2v) is 6.05. The molecular weight excluding hydrogens is 261 g/mol. The number of amides is 1. The molecule has 4 nitrogen and oxygen atoms in total. The number of nitrogens with zero attached hydrogens (tertiary/aromatic N) is 1. The normalized spacial score (nSPS) is 23.2. The summed E-state index contributed by atoms with van der Waals surface area (Å²) >= 11 is 0. The molecule has 2 atom stereocenters. The van der Waals surface area contributed by atoms with Crippen LogP contribution in [0.25, 0.3) is 0 Å². The Bertz CT molecular complexity index is 550. The van der Waals surface area contributed by atoms with E-state index in [2.05, 4.69) is 0 Å². The number of benzene rings is 1. The van der Waals surface area contributed by atoms with E-state index < -0.39 is 29.3 Å². The van der Waals surface area contributed by atoms with E-state index in [0.717, 1.165) is 0 Å². The molecule has 0 spiro atoms. The summed E-state index contributed by atoms with van der Waals surface area (Å²) in [6, 6.07) is 5.28. The number of carboxylic acids is 1. The van der Waals surface area contributed by atoms with Crippen molar-refractivity contribution in [2.45, 2.75) is 38.8 Å². The Balaban J connectivity index is 2.55. The number of carbonyl (C=O) groups is 2. The summed E-state index contributed by atoms with van der Waals surface area (Å²) < 4.78 is 14.0. The summed E-state index contributed by atoms with van der Waals surface area (Å²) in [7, 11) is 0. The predicted octanol–water partition coefficient (Wildman–Crippen LogP) is 2.60. The van der Waals surface area contributed by atoms with Gasteiger partial charge in [0.15, 0.2) is 0 Å². The highest BCUT2D eigenvalue weighted by Crippen LogP contribution is 2.43. The predicted molar refractivity (Wildman–Crippen MR) is 71.5 cm³/mol. The SMILES string of the molecule is CC(C)(C)N1C(=O)CC(C(=O)O)C1c1ccccc1F. The Kier molecular flexibility index (Phi) is 3.54. The molecular formula is C15H18FNO3. The minimum Gasteiger partial charge on any atom is -0.481 e. The van der Waals surface area contributed by atoms with E-state index in [-0.39, 0.29) is 17.9 Å². The van der Waals surface area contributed by atoms with Crippen molar-refractivity contribution in [2.24, 2.45) is 5.92 Å². The highest BCUT2D eigenvalue weighted by atomic mass is 19.1. The van der Waals surface area contributed by atoms with Crippen molar-refractivity contribution in [3.05, 3.63) is 35.6 Å². The van der Waals surface area contributed by atoms with Crippen molar-refractivity contribution in [3.8, 4) is 0 Å². The van der Waals surface area contributed by atoms with Crippen LogP contribution in [0.3, 0.4) is 0 Å². The van der Waals surface area contributed by atoms with E-state index in [4.69, 9.17) is 0 Å². The summed E-state index contributed by atoms with van der Waals surface area (Å²) in [4.78, 5) is 25.1. The molecule has 0 bridgehead atoms. The Morgan fingerprint density at radius 3 is 2.45 bits per heavy atom. The van der Waals surface area contributed by atoms with Crippen LogP contribution in [-0.2, 0) is 9.59 Å². The molecule has 1 aliphatic rings. The van der Waals surface area contributed by atoms with Crippen LogP contribution in [-0.4, -0.2) is 27.4 Å². The molecule has 0 radical (unpaired) electrons. The van der Waals surface area contributed by atoms with Gasteiger partial charge in [-0.25, -0.2) is 4.39 Å². The van der Waals surface area contributed by atoms with Crippen LogP contribution in [0.5, 0.6) is 0 Å². The minimum atomic E-state index is -1.07. The lowest BCUT2D eigenvalue weighted by Gasteiger charge is -2.38. The summed E-state index contributed by atoms with van der Waals surface area (Å²) in [5.41, 5.74) is -0.297. The average Bonchev–Trinajstić information content (AvgIpc) is 2.67. The molecule has 1 amide bonds. The van der Waals surface area contributed by atoms with Crippen LogP contribution in [0, 0.1) is 11.7 Å². The minimum absolute atomic E-state index is 0.0917. The standard InChI is InChI=1S/C15H18FNO3/c1-15(2,3)17-12(18)8-10(14(19)20)13(17)9-6-4-5-7-11(9)16/h4-7,10,13H,8H2,1-3H3,(H,19,20). The van der Waals surface area contributed by atoms with Gasteiger partial charge in [-0.2, -0.15) is 0 Å². The Labute approximate surface area is 117 Å². The fraction of sp³-hybridized carbons (Fsp3) is 0.467. The largest absolute Gasteiger partial charge is 0.481 e. The molecule has 1 N–H and O–H groups in total. The molecule has 20 heavy (non-hydrogen) atoms. The number of carboxylic acid groups (broad SMARTS) is 1. The quantitative estimate of drug-likeness (QED) is 0.905. The van der Waals surface area contributed by atoms with E-state index >= 15 is 0 Å². The highest BCUT2D eigenvalue weighted by molar-refractivity contribution is 5.87. The smallest absolute Gasteiger partial charge is 0.309 e. The maximum Gasteiger partial charge on any atom is 0.309 e. The zero-order valence-corrected chi connectivity index (χ0v) is 11.8. The van der Waals surface area contributed by atoms with Crippen LogP contribution in [0.1, 0.15) is 38.8 Å². The molecule has 1 heterocycles. The monoisotopic (exact) mass is 279 g/mol. The van der Waals surface area contributed by atoms with Crippen molar-refractivity contribution >= 4 is 11.9 Å². The van der Waals surface area contributed by atoms with Crippen LogP contribution in [0.2, 0.25) is 0 Å². The van der Waals surface area contributed by atoms with Gasteiger partial charge in [-0.3, -0.25) is 9.59 Å². The second kappa shape index (κ2) is 4.89. The number of likely N-dealkylation sites (tertiary alicyclic amines) is 1. The second-order valence-electron chi connectivity index (χ2n) is 6.05. The van der Waals surface area contributed by atoms with Gasteiger partial charge in [0.25, 0.3) is 0 Å². The van der Waals surface area contributed by atoms with Gasteiger partial charge >= 0.3 is 5.97 Å². The van der Waals surface area contributed by atoms with E-state index in [9.17, 15) is 19.1 Å². The van der Waals surface area contributed by atoms with Gasteiger partial charge in [0, 0.05) is 17.5 Å². The number of hydrogen-bond donors (Lipinski definition) is 1. The molecule has 108 valence electrons. The molecule has 0 aliphatic carbocycles. The summed E-state index contributed by atoms with van der Waals surface area (Å²) in [6.07, 6.45) is -0.0917. The number of aliphatic carboxylic acids is 1. The summed E-state index contributed by atoms with van der Waals surface area (Å²) in [5, 5.41) is 9.34. The van der Waals surface area contributed by atoms with Gasteiger partial charge in [-0.1, -0.05) is 18.2 Å². The van der Waals surface area contributed by atoms with Gasteiger partial charge in [0.05, 0.1) is 12.0 Å². The van der Waals surface area contributed by atoms with E-state index in [1.165, 1.54) is 11.0 Å². The van der Waals surface area contributed by atoms with E-state index in [1.807, 2.05) is 20.8 Å². The van der Waals surface area contributed by atoms with Crippen molar-refractivity contribution < 1.29 is 19.1 Å². The molecule has 1 aromatic carbocycles. The first-order chi connectivity index (χ1) is 9.23. The highest BCUT2D eigenvalue weighted by Gasteiger charge is 2.49. The van der Waals surface area contributed by atoms with Crippen molar-refractivity contribution in [2.75, 3.05) is 0 Å². The van der Waals surface area contributed by atoms with Crippen molar-refractivity contribution in [1.29, 1.82) is 0 Å². The Morgan fingerprint density at radius 1 is 1.35 bits per heavy atom. The number of carbonyl (C=O) groups excluding carboxylic acids is 1. The summed E-state index contributed by atoms with van der Waals surface area (Å²) in [5.74, 6) is -2.72. The zero-order chi connectivity index (χ0) is 15.1. The molecule has 5 heteroatoms. The molecule has 1 saturated heterocycles. The molecule has 1 aromatic rings. The van der Waals surface area contributed by atoms with Crippen LogP contribution in [0.15, 0.2) is 24.3 Å². The van der Waals surface area contributed by atoms with E-state index in [0.29, 0.717) is 0 Å². The van der Waals surface area contributed by atoms with Gasteiger partial charge in [0.1, 0.15) is 5.82 Å². The zero-order valence-electron chi connectivity index (χ0n) is 11.8. The third-order valence-electron chi connectivity index (χ3n) is 3.59. The molecule has 0 aromatic heterocycles. The molecule has 1 fully saturated rings. The van der Waals surface area contributed by atoms with Gasteiger partial charge in [-0.05, 0) is 26.8 Å². The maximum atomic E-state index is 14.0. The van der Waals surface area contributed by atoms with Crippen LogP contribution >= 0.6 is 0 Å². The van der Waals surface area contributed by atoms with E-state index in [1.54, 1.807) is 18.2 Å². The van der Waals surface area contributed by atoms with Crippen LogP contribution in [0.4, 0.5) is 4.39 Å². The Morgan fingerprint density at radius 2 is 1.95 bits per heavy atom. The molecule has 0 saturated carbocycles. The third kappa shape index (κ3) is 2.40. The molecule has 2 unspecified atom stereocenters. The first kappa shape index (κ1) is 14.5.